The molecule has 13 heavy (non-hydrogen) atoms. The Morgan fingerprint density at radius 3 is 2.69 bits per heavy atom. The number of rotatable bonds is 2. The zero-order valence-electron chi connectivity index (χ0n) is 8.22. The maximum Gasteiger partial charge on any atom is 0.0458 e. The molecule has 1 heterocycles. The van der Waals surface area contributed by atoms with Crippen LogP contribution in [0.3, 0.4) is 0 Å². The second-order valence-corrected chi connectivity index (χ2v) is 3.38. The lowest BCUT2D eigenvalue weighted by Crippen LogP contribution is -1.79. The third-order valence-electron chi connectivity index (χ3n) is 2.57. The molecule has 0 aliphatic rings. The minimum atomic E-state index is 1.08. The Morgan fingerprint density at radius 2 is 2.00 bits per heavy atom. The summed E-state index contributed by atoms with van der Waals surface area (Å²) in [4.78, 5) is 3.42. The van der Waals surface area contributed by atoms with Crippen molar-refractivity contribution in [2.24, 2.45) is 0 Å². The summed E-state index contributed by atoms with van der Waals surface area (Å²) in [5.74, 6) is 0. The minimum Gasteiger partial charge on any atom is -0.358 e. The van der Waals surface area contributed by atoms with E-state index in [1.54, 1.807) is 0 Å². The Bertz CT molecular complexity index is 412. The van der Waals surface area contributed by atoms with Gasteiger partial charge in [0.15, 0.2) is 0 Å². The van der Waals surface area contributed by atoms with E-state index in [4.69, 9.17) is 0 Å². The second-order valence-electron chi connectivity index (χ2n) is 3.38. The first-order valence-electron chi connectivity index (χ1n) is 4.94. The number of aromatic amines is 1. The van der Waals surface area contributed by atoms with E-state index in [2.05, 4.69) is 43.1 Å². The molecular formula is C12H15N. The van der Waals surface area contributed by atoms with Crippen molar-refractivity contribution < 1.29 is 0 Å². The molecule has 0 amide bonds. The van der Waals surface area contributed by atoms with Gasteiger partial charge in [0.2, 0.25) is 0 Å². The number of aromatic nitrogens is 1. The Balaban J connectivity index is 2.67. The van der Waals surface area contributed by atoms with Crippen molar-refractivity contribution in [2.45, 2.75) is 26.7 Å². The number of hydrogen-bond acceptors (Lipinski definition) is 0. The lowest BCUT2D eigenvalue weighted by molar-refractivity contribution is 1.07. The fourth-order valence-electron chi connectivity index (χ4n) is 1.77. The van der Waals surface area contributed by atoms with Crippen LogP contribution in [0, 0.1) is 0 Å². The molecule has 0 aliphatic heterocycles. The van der Waals surface area contributed by atoms with Crippen LogP contribution in [0.1, 0.15) is 25.1 Å². The standard InChI is InChI=1S/C12H15N/c1-3-9-6-5-7-12-11(9)8-10(4-2)13-12/h5-8,13H,3-4H2,1-2H3. The van der Waals surface area contributed by atoms with Crippen LogP contribution in [0.15, 0.2) is 24.3 Å². The number of H-pyrrole nitrogens is 1. The first kappa shape index (κ1) is 8.36. The summed E-state index contributed by atoms with van der Waals surface area (Å²) in [7, 11) is 0. The van der Waals surface area contributed by atoms with E-state index in [9.17, 15) is 0 Å². The molecule has 1 heteroatoms. The highest BCUT2D eigenvalue weighted by atomic mass is 14.7. The van der Waals surface area contributed by atoms with Gasteiger partial charge in [0, 0.05) is 16.6 Å². The Kier molecular flexibility index (Phi) is 2.09. The van der Waals surface area contributed by atoms with Crippen LogP contribution in [0.2, 0.25) is 0 Å². The quantitative estimate of drug-likeness (QED) is 0.717. The topological polar surface area (TPSA) is 15.8 Å². The fraction of sp³-hybridized carbons (Fsp3) is 0.333. The van der Waals surface area contributed by atoms with Gasteiger partial charge in [-0.05, 0) is 30.5 Å². The maximum absolute atomic E-state index is 3.42. The zero-order valence-corrected chi connectivity index (χ0v) is 8.22. The van der Waals surface area contributed by atoms with E-state index in [0.29, 0.717) is 0 Å². The molecule has 2 aromatic rings. The van der Waals surface area contributed by atoms with Gasteiger partial charge in [-0.25, -0.2) is 0 Å². The van der Waals surface area contributed by atoms with Crippen molar-refractivity contribution in [2.75, 3.05) is 0 Å². The molecule has 0 radical (unpaired) electrons. The highest BCUT2D eigenvalue weighted by Crippen LogP contribution is 2.20. The molecular weight excluding hydrogens is 158 g/mol. The molecule has 1 nitrogen and oxygen atoms in total. The van der Waals surface area contributed by atoms with Crippen molar-refractivity contribution in [3.05, 3.63) is 35.5 Å². The predicted molar refractivity (Wildman–Crippen MR) is 57.1 cm³/mol. The molecule has 2 rings (SSSR count). The number of hydrogen-bond donors (Lipinski definition) is 1. The van der Waals surface area contributed by atoms with Crippen molar-refractivity contribution >= 4 is 10.9 Å². The molecule has 1 aromatic carbocycles. The van der Waals surface area contributed by atoms with Crippen molar-refractivity contribution in [3.63, 3.8) is 0 Å². The average Bonchev–Trinajstić information content (AvgIpc) is 2.59. The second kappa shape index (κ2) is 3.25. The lowest BCUT2D eigenvalue weighted by Gasteiger charge is -1.96. The van der Waals surface area contributed by atoms with Gasteiger partial charge in [0.05, 0.1) is 0 Å². The Labute approximate surface area is 78.8 Å². The lowest BCUT2D eigenvalue weighted by atomic mass is 10.1. The molecule has 0 atom stereocenters. The van der Waals surface area contributed by atoms with E-state index in [1.165, 1.54) is 22.2 Å². The first-order valence-corrected chi connectivity index (χ1v) is 4.94. The van der Waals surface area contributed by atoms with Crippen LogP contribution < -0.4 is 0 Å². The van der Waals surface area contributed by atoms with E-state index in [-0.39, 0.29) is 0 Å². The summed E-state index contributed by atoms with van der Waals surface area (Å²) >= 11 is 0. The van der Waals surface area contributed by atoms with Crippen LogP contribution >= 0.6 is 0 Å². The van der Waals surface area contributed by atoms with Crippen LogP contribution in [0.5, 0.6) is 0 Å². The number of aryl methyl sites for hydroxylation is 2. The third kappa shape index (κ3) is 1.35. The number of fused-ring (bicyclic) bond motifs is 1. The zero-order chi connectivity index (χ0) is 9.26. The largest absolute Gasteiger partial charge is 0.358 e. The highest BCUT2D eigenvalue weighted by Gasteiger charge is 2.01. The molecule has 0 fully saturated rings. The fourth-order valence-corrected chi connectivity index (χ4v) is 1.77. The van der Waals surface area contributed by atoms with Gasteiger partial charge < -0.3 is 4.98 Å². The summed E-state index contributed by atoms with van der Waals surface area (Å²) in [6, 6.07) is 8.74. The van der Waals surface area contributed by atoms with Gasteiger partial charge in [-0.3, -0.25) is 0 Å². The molecule has 0 saturated carbocycles. The minimum absolute atomic E-state index is 1.08. The molecule has 68 valence electrons. The normalized spacial score (nSPS) is 10.9. The Morgan fingerprint density at radius 1 is 1.15 bits per heavy atom. The van der Waals surface area contributed by atoms with Crippen molar-refractivity contribution in [3.8, 4) is 0 Å². The van der Waals surface area contributed by atoms with Gasteiger partial charge in [-0.2, -0.15) is 0 Å². The van der Waals surface area contributed by atoms with E-state index >= 15 is 0 Å². The maximum atomic E-state index is 3.42. The van der Waals surface area contributed by atoms with E-state index in [1.807, 2.05) is 0 Å². The summed E-state index contributed by atoms with van der Waals surface area (Å²) in [6.07, 6.45) is 2.19. The summed E-state index contributed by atoms with van der Waals surface area (Å²) in [5, 5.41) is 1.39. The first-order chi connectivity index (χ1) is 6.35. The monoisotopic (exact) mass is 173 g/mol. The van der Waals surface area contributed by atoms with Crippen molar-refractivity contribution in [1.82, 2.24) is 4.98 Å². The van der Waals surface area contributed by atoms with Gasteiger partial charge >= 0.3 is 0 Å². The molecule has 1 aromatic heterocycles. The summed E-state index contributed by atoms with van der Waals surface area (Å²) < 4.78 is 0. The summed E-state index contributed by atoms with van der Waals surface area (Å²) in [6.45, 7) is 4.38. The van der Waals surface area contributed by atoms with Crippen LogP contribution in [-0.4, -0.2) is 4.98 Å². The molecule has 0 saturated heterocycles. The number of benzene rings is 1. The van der Waals surface area contributed by atoms with Gasteiger partial charge in [-0.15, -0.1) is 0 Å². The van der Waals surface area contributed by atoms with Gasteiger partial charge in [0.25, 0.3) is 0 Å². The highest BCUT2D eigenvalue weighted by molar-refractivity contribution is 5.83. The third-order valence-corrected chi connectivity index (χ3v) is 2.57. The Hall–Kier alpha value is -1.24. The molecule has 0 bridgehead atoms. The predicted octanol–water partition coefficient (Wildman–Crippen LogP) is 3.29. The van der Waals surface area contributed by atoms with E-state index in [0.717, 1.165) is 12.8 Å². The molecule has 1 N–H and O–H groups in total. The smallest absolute Gasteiger partial charge is 0.0458 e. The SMILES string of the molecule is CCc1cc2c(CC)cccc2[nH]1. The summed E-state index contributed by atoms with van der Waals surface area (Å²) in [5.41, 5.74) is 4.04. The van der Waals surface area contributed by atoms with Crippen LogP contribution in [-0.2, 0) is 12.8 Å². The van der Waals surface area contributed by atoms with Gasteiger partial charge in [-0.1, -0.05) is 26.0 Å². The molecule has 0 unspecified atom stereocenters. The van der Waals surface area contributed by atoms with E-state index < -0.39 is 0 Å². The van der Waals surface area contributed by atoms with Crippen LogP contribution in [0.4, 0.5) is 0 Å². The molecule has 0 spiro atoms. The van der Waals surface area contributed by atoms with Crippen LogP contribution in [0.25, 0.3) is 10.9 Å². The van der Waals surface area contributed by atoms with Crippen molar-refractivity contribution in [1.29, 1.82) is 0 Å². The average molecular weight is 173 g/mol. The van der Waals surface area contributed by atoms with Gasteiger partial charge in [0.1, 0.15) is 0 Å². The number of nitrogens with one attached hydrogen (secondary N) is 1. The molecule has 0 aliphatic carbocycles.